The van der Waals surface area contributed by atoms with Crippen LogP contribution >= 0.6 is 0 Å². The van der Waals surface area contributed by atoms with Crippen molar-refractivity contribution in [1.82, 2.24) is 9.55 Å². The van der Waals surface area contributed by atoms with Gasteiger partial charge in [-0.15, -0.1) is 0 Å². The quantitative estimate of drug-likeness (QED) is 0.605. The number of nitrogens with one attached hydrogen (secondary N) is 1. The van der Waals surface area contributed by atoms with Crippen molar-refractivity contribution >= 4 is 0 Å². The van der Waals surface area contributed by atoms with Crippen LogP contribution in [0.5, 0.6) is 0 Å². The monoisotopic (exact) mass is 165 g/mol. The van der Waals surface area contributed by atoms with Crippen LogP contribution in [0.4, 0.5) is 0 Å². The first-order valence-electron chi connectivity index (χ1n) is 3.43. The van der Waals surface area contributed by atoms with E-state index in [4.69, 9.17) is 5.26 Å². The summed E-state index contributed by atoms with van der Waals surface area (Å²) in [4.78, 5) is 23.8. The Morgan fingerprint density at radius 2 is 2.33 bits per heavy atom. The lowest BCUT2D eigenvalue weighted by molar-refractivity contribution is 0.691. The van der Waals surface area contributed by atoms with Gasteiger partial charge in [0, 0.05) is 12.7 Å². The van der Waals surface area contributed by atoms with E-state index in [0.717, 1.165) is 0 Å². The number of hydrogen-bond donors (Lipinski definition) is 1. The first kappa shape index (κ1) is 8.27. The summed E-state index contributed by atoms with van der Waals surface area (Å²) in [5.41, 5.74) is -1.16. The molecule has 0 aromatic carbocycles. The van der Waals surface area contributed by atoms with E-state index in [0.29, 0.717) is 6.54 Å². The van der Waals surface area contributed by atoms with Crippen LogP contribution < -0.4 is 11.2 Å². The van der Waals surface area contributed by atoms with Gasteiger partial charge in [0.05, 0.1) is 0 Å². The standard InChI is InChI=1S/C7H7N3O2/c1-2-10-4-5(3-8)6(11)9-7(10)12/h4H,2H2,1H3,(H,9,11,12). The average molecular weight is 165 g/mol. The summed E-state index contributed by atoms with van der Waals surface area (Å²) in [6, 6.07) is 1.69. The summed E-state index contributed by atoms with van der Waals surface area (Å²) in [7, 11) is 0. The van der Waals surface area contributed by atoms with Gasteiger partial charge in [0.25, 0.3) is 5.56 Å². The average Bonchev–Trinajstić information content (AvgIpc) is 2.05. The highest BCUT2D eigenvalue weighted by Crippen LogP contribution is 1.83. The smallest absolute Gasteiger partial charge is 0.300 e. The number of nitriles is 1. The third-order valence-corrected chi connectivity index (χ3v) is 1.47. The summed E-state index contributed by atoms with van der Waals surface area (Å²) in [6.45, 7) is 2.19. The van der Waals surface area contributed by atoms with Gasteiger partial charge >= 0.3 is 5.69 Å². The van der Waals surface area contributed by atoms with E-state index in [2.05, 4.69) is 0 Å². The second-order valence-corrected chi connectivity index (χ2v) is 2.20. The molecule has 5 heteroatoms. The maximum absolute atomic E-state index is 10.9. The predicted octanol–water partition coefficient (Wildman–Crippen LogP) is -0.572. The van der Waals surface area contributed by atoms with Crippen LogP contribution in [-0.2, 0) is 6.54 Å². The van der Waals surface area contributed by atoms with Crippen molar-refractivity contribution in [2.75, 3.05) is 0 Å². The van der Waals surface area contributed by atoms with E-state index in [1.807, 2.05) is 4.98 Å². The largest absolute Gasteiger partial charge is 0.328 e. The summed E-state index contributed by atoms with van der Waals surface area (Å²) in [5, 5.41) is 8.44. The van der Waals surface area contributed by atoms with Gasteiger partial charge in [-0.3, -0.25) is 14.3 Å². The molecule has 0 aliphatic rings. The van der Waals surface area contributed by atoms with Crippen molar-refractivity contribution in [3.8, 4) is 6.07 Å². The van der Waals surface area contributed by atoms with Gasteiger partial charge < -0.3 is 0 Å². The summed E-state index contributed by atoms with van der Waals surface area (Å²) in [5.74, 6) is 0. The Morgan fingerprint density at radius 1 is 1.67 bits per heavy atom. The van der Waals surface area contributed by atoms with Crippen LogP contribution in [0.25, 0.3) is 0 Å². The molecule has 0 saturated carbocycles. The van der Waals surface area contributed by atoms with E-state index < -0.39 is 11.2 Å². The van der Waals surface area contributed by atoms with Crippen molar-refractivity contribution < 1.29 is 0 Å². The number of hydrogen-bond acceptors (Lipinski definition) is 3. The molecule has 1 aromatic heterocycles. The normalized spacial score (nSPS) is 9.33. The first-order valence-corrected chi connectivity index (χ1v) is 3.43. The van der Waals surface area contributed by atoms with E-state index >= 15 is 0 Å². The molecule has 0 aliphatic carbocycles. The van der Waals surface area contributed by atoms with E-state index in [9.17, 15) is 9.59 Å². The maximum Gasteiger partial charge on any atom is 0.328 e. The zero-order valence-electron chi connectivity index (χ0n) is 6.50. The van der Waals surface area contributed by atoms with Gasteiger partial charge in [0.2, 0.25) is 0 Å². The number of nitrogens with zero attached hydrogens (tertiary/aromatic N) is 2. The molecular formula is C7H7N3O2. The second-order valence-electron chi connectivity index (χ2n) is 2.20. The van der Waals surface area contributed by atoms with E-state index in [1.165, 1.54) is 10.8 Å². The molecule has 0 unspecified atom stereocenters. The van der Waals surface area contributed by atoms with E-state index in [-0.39, 0.29) is 5.56 Å². The Labute approximate surface area is 67.9 Å². The van der Waals surface area contributed by atoms with Crippen LogP contribution in [0, 0.1) is 11.3 Å². The minimum absolute atomic E-state index is 0.0450. The fourth-order valence-corrected chi connectivity index (χ4v) is 0.824. The minimum atomic E-state index is -0.632. The third kappa shape index (κ3) is 1.27. The van der Waals surface area contributed by atoms with Crippen molar-refractivity contribution in [2.24, 2.45) is 0 Å². The van der Waals surface area contributed by atoms with Crippen molar-refractivity contribution in [3.63, 3.8) is 0 Å². The molecule has 1 rings (SSSR count). The Hall–Kier alpha value is -1.83. The first-order chi connectivity index (χ1) is 5.69. The molecule has 0 amide bonds. The van der Waals surface area contributed by atoms with Crippen LogP contribution in [-0.4, -0.2) is 9.55 Å². The number of aromatic amines is 1. The molecular weight excluding hydrogens is 158 g/mol. The van der Waals surface area contributed by atoms with Gasteiger partial charge in [-0.2, -0.15) is 5.26 Å². The summed E-state index contributed by atoms with van der Waals surface area (Å²) >= 11 is 0. The number of aryl methyl sites for hydroxylation is 1. The molecule has 0 bridgehead atoms. The number of H-pyrrole nitrogens is 1. The van der Waals surface area contributed by atoms with Crippen LogP contribution in [0.1, 0.15) is 12.5 Å². The van der Waals surface area contributed by atoms with Crippen molar-refractivity contribution in [1.29, 1.82) is 5.26 Å². The Bertz CT molecular complexity index is 435. The summed E-state index contributed by atoms with van der Waals surface area (Å²) in [6.07, 6.45) is 1.25. The van der Waals surface area contributed by atoms with Crippen molar-refractivity contribution in [3.05, 3.63) is 32.6 Å². The molecule has 0 fully saturated rings. The molecule has 0 aliphatic heterocycles. The van der Waals surface area contributed by atoms with Gasteiger partial charge in [-0.25, -0.2) is 4.79 Å². The van der Waals surface area contributed by atoms with Crippen LogP contribution in [0.15, 0.2) is 15.8 Å². The maximum atomic E-state index is 10.9. The van der Waals surface area contributed by atoms with Crippen molar-refractivity contribution in [2.45, 2.75) is 13.5 Å². The molecule has 1 N–H and O–H groups in total. The highest BCUT2D eigenvalue weighted by molar-refractivity contribution is 5.21. The minimum Gasteiger partial charge on any atom is -0.300 e. The summed E-state index contributed by atoms with van der Waals surface area (Å²) < 4.78 is 1.26. The van der Waals surface area contributed by atoms with E-state index in [1.54, 1.807) is 13.0 Å². The molecule has 12 heavy (non-hydrogen) atoms. The lowest BCUT2D eigenvalue weighted by atomic mass is 10.4. The fourth-order valence-electron chi connectivity index (χ4n) is 0.824. The van der Waals surface area contributed by atoms with Gasteiger partial charge in [-0.05, 0) is 6.92 Å². The Balaban J connectivity index is 3.51. The lowest BCUT2D eigenvalue weighted by Crippen LogP contribution is -2.30. The molecule has 0 atom stereocenters. The molecule has 1 aromatic rings. The molecule has 0 radical (unpaired) electrons. The Morgan fingerprint density at radius 3 is 2.83 bits per heavy atom. The second kappa shape index (κ2) is 3.05. The topological polar surface area (TPSA) is 78.7 Å². The number of aromatic nitrogens is 2. The van der Waals surface area contributed by atoms with Crippen LogP contribution in [0.2, 0.25) is 0 Å². The molecule has 1 heterocycles. The predicted molar refractivity (Wildman–Crippen MR) is 41.7 cm³/mol. The number of rotatable bonds is 1. The molecule has 5 nitrogen and oxygen atoms in total. The van der Waals surface area contributed by atoms with Gasteiger partial charge in [-0.1, -0.05) is 0 Å². The Kier molecular flexibility index (Phi) is 2.10. The lowest BCUT2D eigenvalue weighted by Gasteiger charge is -1.98. The highest BCUT2D eigenvalue weighted by atomic mass is 16.2. The zero-order valence-corrected chi connectivity index (χ0v) is 6.50. The SMILES string of the molecule is CCn1cc(C#N)c(=O)[nH]c1=O. The fraction of sp³-hybridized carbons (Fsp3) is 0.286. The van der Waals surface area contributed by atoms with Gasteiger partial charge in [0.1, 0.15) is 11.6 Å². The zero-order chi connectivity index (χ0) is 9.14. The molecule has 0 spiro atoms. The highest BCUT2D eigenvalue weighted by Gasteiger charge is 2.00. The van der Waals surface area contributed by atoms with Crippen LogP contribution in [0.3, 0.4) is 0 Å². The molecule has 0 saturated heterocycles. The van der Waals surface area contributed by atoms with Gasteiger partial charge in [0.15, 0.2) is 0 Å². The molecule has 62 valence electrons. The third-order valence-electron chi connectivity index (χ3n) is 1.47.